The average molecular weight is 335 g/mol. The van der Waals surface area contributed by atoms with Gasteiger partial charge in [-0.15, -0.1) is 0 Å². The quantitative estimate of drug-likeness (QED) is 0.651. The number of benzene rings is 2. The number of carbonyl (C=O) groups excluding carboxylic acids is 1. The zero-order valence-corrected chi connectivity index (χ0v) is 13.5. The van der Waals surface area contributed by atoms with Gasteiger partial charge in [0.05, 0.1) is 10.7 Å². The van der Waals surface area contributed by atoms with E-state index in [-0.39, 0.29) is 18.1 Å². The van der Waals surface area contributed by atoms with Crippen molar-refractivity contribution in [2.75, 3.05) is 5.32 Å². The molecule has 0 aliphatic rings. The van der Waals surface area contributed by atoms with Crippen LogP contribution in [0.1, 0.15) is 25.0 Å². The number of nitrogens with zero attached hydrogens (tertiary/aromatic N) is 1. The Labute approximate surface area is 138 Å². The summed E-state index contributed by atoms with van der Waals surface area (Å²) >= 11 is 5.92. The molecule has 0 heterocycles. The van der Waals surface area contributed by atoms with Gasteiger partial charge in [-0.25, -0.2) is 4.39 Å². The van der Waals surface area contributed by atoms with E-state index in [1.54, 1.807) is 25.1 Å². The fourth-order valence-corrected chi connectivity index (χ4v) is 2.13. The summed E-state index contributed by atoms with van der Waals surface area (Å²) < 4.78 is 13.6. The van der Waals surface area contributed by atoms with Gasteiger partial charge in [0.2, 0.25) is 5.91 Å². The van der Waals surface area contributed by atoms with Crippen LogP contribution in [0.3, 0.4) is 0 Å². The highest BCUT2D eigenvalue weighted by Crippen LogP contribution is 2.20. The second-order valence-corrected chi connectivity index (χ2v) is 5.32. The normalized spacial score (nSPS) is 11.2. The minimum atomic E-state index is -0.426. The molecule has 2 aromatic rings. The van der Waals surface area contributed by atoms with Crippen LogP contribution in [0.15, 0.2) is 47.6 Å². The highest BCUT2D eigenvalue weighted by molar-refractivity contribution is 6.31. The predicted molar refractivity (Wildman–Crippen MR) is 89.2 cm³/mol. The first-order valence-corrected chi connectivity index (χ1v) is 7.32. The first-order chi connectivity index (χ1) is 11.0. The monoisotopic (exact) mass is 334 g/mol. The third-order valence-electron chi connectivity index (χ3n) is 3.10. The lowest BCUT2D eigenvalue weighted by Gasteiger charge is -2.06. The van der Waals surface area contributed by atoms with Gasteiger partial charge in [0.15, 0.2) is 0 Å². The maximum absolute atomic E-state index is 13.6. The number of oxime groups is 1. The maximum Gasteiger partial charge on any atom is 0.221 e. The molecule has 0 spiro atoms. The fraction of sp³-hybridized carbons (Fsp3) is 0.176. The van der Waals surface area contributed by atoms with Gasteiger partial charge in [-0.1, -0.05) is 35.0 Å². The molecule has 0 bridgehead atoms. The smallest absolute Gasteiger partial charge is 0.221 e. The summed E-state index contributed by atoms with van der Waals surface area (Å²) in [7, 11) is 0. The molecule has 2 aromatic carbocycles. The van der Waals surface area contributed by atoms with Crippen molar-refractivity contribution in [3.05, 3.63) is 64.4 Å². The number of amides is 1. The predicted octanol–water partition coefficient (Wildman–Crippen LogP) is 4.38. The van der Waals surface area contributed by atoms with Crippen LogP contribution < -0.4 is 5.32 Å². The molecular formula is C17H16ClFN2O2. The highest BCUT2D eigenvalue weighted by atomic mass is 35.5. The molecule has 120 valence electrons. The lowest BCUT2D eigenvalue weighted by molar-refractivity contribution is -0.114. The van der Waals surface area contributed by atoms with E-state index in [0.29, 0.717) is 16.4 Å². The number of hydrogen-bond acceptors (Lipinski definition) is 3. The van der Waals surface area contributed by atoms with E-state index in [4.69, 9.17) is 16.4 Å². The highest BCUT2D eigenvalue weighted by Gasteiger charge is 2.07. The van der Waals surface area contributed by atoms with E-state index in [0.717, 1.165) is 5.56 Å². The lowest BCUT2D eigenvalue weighted by atomic mass is 10.1. The van der Waals surface area contributed by atoms with Crippen molar-refractivity contribution in [2.24, 2.45) is 5.16 Å². The van der Waals surface area contributed by atoms with E-state index < -0.39 is 5.82 Å². The molecule has 0 saturated carbocycles. The summed E-state index contributed by atoms with van der Waals surface area (Å²) in [6, 6.07) is 11.6. The number of nitrogens with one attached hydrogen (secondary N) is 1. The molecule has 1 amide bonds. The van der Waals surface area contributed by atoms with Crippen molar-refractivity contribution in [2.45, 2.75) is 20.5 Å². The topological polar surface area (TPSA) is 50.7 Å². The number of hydrogen-bond donors (Lipinski definition) is 1. The molecule has 23 heavy (non-hydrogen) atoms. The van der Waals surface area contributed by atoms with Crippen LogP contribution in [-0.2, 0) is 16.2 Å². The van der Waals surface area contributed by atoms with Crippen LogP contribution in [-0.4, -0.2) is 11.6 Å². The molecule has 0 fully saturated rings. The third kappa shape index (κ3) is 4.79. The minimum Gasteiger partial charge on any atom is -0.391 e. The Morgan fingerprint density at radius 3 is 2.52 bits per heavy atom. The SMILES string of the molecule is CC(=O)Nc1ccc(C(C)=NOCc2c(F)cccc2Cl)cc1. The Morgan fingerprint density at radius 2 is 1.91 bits per heavy atom. The first-order valence-electron chi connectivity index (χ1n) is 6.95. The molecule has 0 radical (unpaired) electrons. The fourth-order valence-electron chi connectivity index (χ4n) is 1.91. The van der Waals surface area contributed by atoms with E-state index in [1.807, 2.05) is 12.1 Å². The zero-order chi connectivity index (χ0) is 16.8. The van der Waals surface area contributed by atoms with Crippen molar-refractivity contribution >= 4 is 28.9 Å². The van der Waals surface area contributed by atoms with Crippen LogP contribution in [0.5, 0.6) is 0 Å². The standard InChI is InChI=1S/C17H16ClFN2O2/c1-11(13-6-8-14(9-7-13)20-12(2)22)21-23-10-15-16(18)4-3-5-17(15)19/h3-9H,10H2,1-2H3,(H,20,22). The van der Waals surface area contributed by atoms with Gasteiger partial charge in [-0.3, -0.25) is 4.79 Å². The van der Waals surface area contributed by atoms with Gasteiger partial charge in [0.1, 0.15) is 12.4 Å². The molecule has 1 N–H and O–H groups in total. The third-order valence-corrected chi connectivity index (χ3v) is 3.45. The van der Waals surface area contributed by atoms with Crippen molar-refractivity contribution in [3.63, 3.8) is 0 Å². The van der Waals surface area contributed by atoms with Gasteiger partial charge in [0.25, 0.3) is 0 Å². The molecule has 0 aromatic heterocycles. The van der Waals surface area contributed by atoms with E-state index in [9.17, 15) is 9.18 Å². The number of rotatable bonds is 5. The summed E-state index contributed by atoms with van der Waals surface area (Å²) in [5, 5.41) is 6.95. The van der Waals surface area contributed by atoms with Gasteiger partial charge >= 0.3 is 0 Å². The van der Waals surface area contributed by atoms with Crippen molar-refractivity contribution in [1.29, 1.82) is 0 Å². The molecule has 0 unspecified atom stereocenters. The van der Waals surface area contributed by atoms with Crippen LogP contribution in [0.2, 0.25) is 5.02 Å². The van der Waals surface area contributed by atoms with Crippen LogP contribution in [0.4, 0.5) is 10.1 Å². The Bertz CT molecular complexity index is 710. The second-order valence-electron chi connectivity index (χ2n) is 4.91. The minimum absolute atomic E-state index is 0.0488. The number of carbonyl (C=O) groups is 1. The van der Waals surface area contributed by atoms with Gasteiger partial charge in [-0.05, 0) is 36.8 Å². The summed E-state index contributed by atoms with van der Waals surface area (Å²) in [6.45, 7) is 3.17. The van der Waals surface area contributed by atoms with Crippen LogP contribution >= 0.6 is 11.6 Å². The molecular weight excluding hydrogens is 319 g/mol. The first kappa shape index (κ1) is 17.0. The Hall–Kier alpha value is -2.40. The number of halogens is 2. The lowest BCUT2D eigenvalue weighted by Crippen LogP contribution is -2.06. The van der Waals surface area contributed by atoms with Gasteiger partial charge < -0.3 is 10.2 Å². The van der Waals surface area contributed by atoms with Gasteiger partial charge in [0, 0.05) is 18.2 Å². The Balaban J connectivity index is 2.01. The van der Waals surface area contributed by atoms with Crippen LogP contribution in [0.25, 0.3) is 0 Å². The molecule has 4 nitrogen and oxygen atoms in total. The van der Waals surface area contributed by atoms with E-state index in [1.165, 1.54) is 19.1 Å². The molecule has 6 heteroatoms. The molecule has 2 rings (SSSR count). The van der Waals surface area contributed by atoms with Crippen molar-refractivity contribution < 1.29 is 14.0 Å². The Morgan fingerprint density at radius 1 is 1.22 bits per heavy atom. The molecule has 0 aliphatic heterocycles. The molecule has 0 saturated heterocycles. The average Bonchev–Trinajstić information content (AvgIpc) is 2.50. The zero-order valence-electron chi connectivity index (χ0n) is 12.8. The largest absolute Gasteiger partial charge is 0.391 e. The summed E-state index contributed by atoms with van der Waals surface area (Å²) in [5.74, 6) is -0.557. The Kier molecular flexibility index (Phi) is 5.71. The van der Waals surface area contributed by atoms with Crippen LogP contribution in [0, 0.1) is 5.82 Å². The second kappa shape index (κ2) is 7.74. The summed E-state index contributed by atoms with van der Waals surface area (Å²) in [6.07, 6.45) is 0. The van der Waals surface area contributed by atoms with Gasteiger partial charge in [-0.2, -0.15) is 0 Å². The molecule has 0 aliphatic carbocycles. The number of anilines is 1. The van der Waals surface area contributed by atoms with E-state index >= 15 is 0 Å². The van der Waals surface area contributed by atoms with Crippen molar-refractivity contribution in [1.82, 2.24) is 0 Å². The van der Waals surface area contributed by atoms with E-state index in [2.05, 4.69) is 10.5 Å². The molecule has 0 atom stereocenters. The summed E-state index contributed by atoms with van der Waals surface area (Å²) in [5.41, 5.74) is 2.44. The summed E-state index contributed by atoms with van der Waals surface area (Å²) in [4.78, 5) is 16.2. The maximum atomic E-state index is 13.6. The van der Waals surface area contributed by atoms with Crippen molar-refractivity contribution in [3.8, 4) is 0 Å².